The fraction of sp³-hybridized carbons (Fsp3) is 0.429. The molecule has 0 saturated heterocycles. The summed E-state index contributed by atoms with van der Waals surface area (Å²) in [5.74, 6) is 0.476. The van der Waals surface area contributed by atoms with Crippen LogP contribution in [0.3, 0.4) is 0 Å². The number of aryl methyl sites for hydroxylation is 2. The summed E-state index contributed by atoms with van der Waals surface area (Å²) in [5.41, 5.74) is 3.31. The first kappa shape index (κ1) is 22.5. The van der Waals surface area contributed by atoms with Crippen LogP contribution in [-0.4, -0.2) is 35.1 Å². The Labute approximate surface area is 200 Å². The maximum atomic E-state index is 14.1. The van der Waals surface area contributed by atoms with Gasteiger partial charge >= 0.3 is 0 Å². The van der Waals surface area contributed by atoms with Gasteiger partial charge in [-0.15, -0.1) is 0 Å². The van der Waals surface area contributed by atoms with Gasteiger partial charge < -0.3 is 14.6 Å². The molecule has 5 rings (SSSR count). The molecule has 2 amide bonds. The summed E-state index contributed by atoms with van der Waals surface area (Å²) in [6.45, 7) is 6.31. The number of carbonyl (C=O) groups is 2. The first-order valence-electron chi connectivity index (χ1n) is 12.2. The van der Waals surface area contributed by atoms with Gasteiger partial charge in [0.25, 0.3) is 5.91 Å². The Bertz CT molecular complexity index is 1270. The molecule has 178 valence electrons. The number of methoxy groups -OCH3 is 1. The zero-order valence-electron chi connectivity index (χ0n) is 20.5. The third-order valence-electron chi connectivity index (χ3n) is 7.52. The predicted molar refractivity (Wildman–Crippen MR) is 135 cm³/mol. The third-order valence-corrected chi connectivity index (χ3v) is 7.52. The van der Waals surface area contributed by atoms with Crippen molar-refractivity contribution >= 4 is 28.4 Å². The maximum Gasteiger partial charge on any atom is 0.275 e. The van der Waals surface area contributed by atoms with Crippen LogP contribution in [0, 0.1) is 13.8 Å². The van der Waals surface area contributed by atoms with E-state index in [0.29, 0.717) is 12.2 Å². The number of amides is 2. The van der Waals surface area contributed by atoms with Gasteiger partial charge in [0.1, 0.15) is 17.0 Å². The molecule has 1 saturated carbocycles. The van der Waals surface area contributed by atoms with Crippen molar-refractivity contribution in [3.63, 3.8) is 0 Å². The van der Waals surface area contributed by atoms with Gasteiger partial charge in [-0.25, -0.2) is 0 Å². The maximum absolute atomic E-state index is 14.1. The molecule has 2 aliphatic rings. The van der Waals surface area contributed by atoms with E-state index in [2.05, 4.69) is 11.4 Å². The molecular weight excluding hydrogens is 426 g/mol. The Morgan fingerprint density at radius 3 is 2.53 bits per heavy atom. The number of nitrogens with zero attached hydrogens (tertiary/aromatic N) is 2. The van der Waals surface area contributed by atoms with Gasteiger partial charge in [0, 0.05) is 23.2 Å². The minimum absolute atomic E-state index is 0.0943. The summed E-state index contributed by atoms with van der Waals surface area (Å²) in [6, 6.07) is 13.9. The van der Waals surface area contributed by atoms with Crippen LogP contribution >= 0.6 is 0 Å². The van der Waals surface area contributed by atoms with Crippen LogP contribution < -0.4 is 15.0 Å². The number of anilines is 1. The largest absolute Gasteiger partial charge is 0.497 e. The van der Waals surface area contributed by atoms with Crippen molar-refractivity contribution in [2.75, 3.05) is 12.0 Å². The monoisotopic (exact) mass is 459 g/mol. The Morgan fingerprint density at radius 2 is 1.82 bits per heavy atom. The topological polar surface area (TPSA) is 63.6 Å². The lowest BCUT2D eigenvalue weighted by atomic mass is 9.90. The standard InChI is InChI=1S/C28H33N3O3/c1-18-10-13-23(19(2)14-18)31-26(32)25-15-20-11-12-22(34-4)16-24(20)30(25)17-28(31,3)27(33)29-21-8-6-5-7-9-21/h10-16,21H,5-9,17H2,1-4H3,(H,29,33)/t28-/m0/s1. The molecule has 1 aromatic heterocycles. The number of benzene rings is 2. The number of fused-ring (bicyclic) bond motifs is 3. The lowest BCUT2D eigenvalue weighted by molar-refractivity contribution is -0.127. The second-order valence-electron chi connectivity index (χ2n) is 10.1. The molecule has 6 nitrogen and oxygen atoms in total. The molecule has 1 N–H and O–H groups in total. The first-order chi connectivity index (χ1) is 16.3. The predicted octanol–water partition coefficient (Wildman–Crippen LogP) is 5.13. The Balaban J connectivity index is 1.65. The second-order valence-corrected chi connectivity index (χ2v) is 10.1. The van der Waals surface area contributed by atoms with E-state index in [-0.39, 0.29) is 17.9 Å². The fourth-order valence-corrected chi connectivity index (χ4v) is 5.62. The summed E-state index contributed by atoms with van der Waals surface area (Å²) in [6.07, 6.45) is 5.47. The van der Waals surface area contributed by atoms with Gasteiger partial charge in [-0.2, -0.15) is 0 Å². The molecule has 2 heterocycles. The van der Waals surface area contributed by atoms with Crippen LogP contribution in [-0.2, 0) is 11.3 Å². The number of aromatic nitrogens is 1. The quantitative estimate of drug-likeness (QED) is 0.588. The van der Waals surface area contributed by atoms with E-state index in [1.54, 1.807) is 12.0 Å². The molecule has 34 heavy (non-hydrogen) atoms. The molecule has 0 spiro atoms. The van der Waals surface area contributed by atoms with Gasteiger partial charge in [-0.3, -0.25) is 14.5 Å². The minimum atomic E-state index is -1.07. The zero-order valence-corrected chi connectivity index (χ0v) is 20.5. The normalized spacial score (nSPS) is 20.9. The summed E-state index contributed by atoms with van der Waals surface area (Å²) in [5, 5.41) is 4.26. The zero-order chi connectivity index (χ0) is 24.0. The highest BCUT2D eigenvalue weighted by molar-refractivity contribution is 6.14. The van der Waals surface area contributed by atoms with E-state index < -0.39 is 5.54 Å². The molecule has 0 radical (unpaired) electrons. The number of nitrogens with one attached hydrogen (secondary N) is 1. The van der Waals surface area contributed by atoms with E-state index in [1.807, 2.05) is 61.7 Å². The van der Waals surface area contributed by atoms with Crippen molar-refractivity contribution in [2.24, 2.45) is 0 Å². The van der Waals surface area contributed by atoms with Gasteiger partial charge in [0.15, 0.2) is 0 Å². The van der Waals surface area contributed by atoms with E-state index in [0.717, 1.165) is 59.2 Å². The molecule has 3 aromatic rings. The molecule has 1 aliphatic heterocycles. The van der Waals surface area contributed by atoms with Crippen LogP contribution in [0.25, 0.3) is 10.9 Å². The molecular formula is C28H33N3O3. The lowest BCUT2D eigenvalue weighted by Crippen LogP contribution is -2.65. The van der Waals surface area contributed by atoms with Crippen LogP contribution in [0.15, 0.2) is 42.5 Å². The first-order valence-corrected chi connectivity index (χ1v) is 12.2. The highest BCUT2D eigenvalue weighted by Crippen LogP contribution is 2.38. The average molecular weight is 460 g/mol. The van der Waals surface area contributed by atoms with E-state index in [9.17, 15) is 9.59 Å². The van der Waals surface area contributed by atoms with Crippen molar-refractivity contribution in [3.8, 4) is 5.75 Å². The Hall–Kier alpha value is -3.28. The molecule has 0 bridgehead atoms. The average Bonchev–Trinajstić information content (AvgIpc) is 3.18. The van der Waals surface area contributed by atoms with Crippen molar-refractivity contribution in [1.82, 2.24) is 9.88 Å². The van der Waals surface area contributed by atoms with E-state index >= 15 is 0 Å². The van der Waals surface area contributed by atoms with Crippen LogP contribution in [0.5, 0.6) is 5.75 Å². The summed E-state index contributed by atoms with van der Waals surface area (Å²) in [4.78, 5) is 29.8. The summed E-state index contributed by atoms with van der Waals surface area (Å²) < 4.78 is 7.43. The van der Waals surface area contributed by atoms with Crippen molar-refractivity contribution < 1.29 is 14.3 Å². The second kappa shape index (κ2) is 8.49. The van der Waals surface area contributed by atoms with Crippen LogP contribution in [0.4, 0.5) is 5.69 Å². The van der Waals surface area contributed by atoms with Crippen molar-refractivity contribution in [3.05, 3.63) is 59.3 Å². The van der Waals surface area contributed by atoms with E-state index in [1.165, 1.54) is 6.42 Å². The molecule has 2 aromatic carbocycles. The Morgan fingerprint density at radius 1 is 1.06 bits per heavy atom. The summed E-state index contributed by atoms with van der Waals surface area (Å²) in [7, 11) is 1.63. The van der Waals surface area contributed by atoms with Crippen LogP contribution in [0.2, 0.25) is 0 Å². The number of carbonyl (C=O) groups excluding carboxylic acids is 2. The number of ether oxygens (including phenoxy) is 1. The van der Waals surface area contributed by atoms with Crippen LogP contribution in [0.1, 0.15) is 60.6 Å². The summed E-state index contributed by atoms with van der Waals surface area (Å²) >= 11 is 0. The molecule has 0 unspecified atom stereocenters. The molecule has 1 aliphatic carbocycles. The van der Waals surface area contributed by atoms with Crippen molar-refractivity contribution in [2.45, 2.75) is 71.0 Å². The highest BCUT2D eigenvalue weighted by atomic mass is 16.5. The Kier molecular flexibility index (Phi) is 5.62. The number of rotatable bonds is 4. The lowest BCUT2D eigenvalue weighted by Gasteiger charge is -2.45. The minimum Gasteiger partial charge on any atom is -0.497 e. The molecule has 6 heteroatoms. The smallest absolute Gasteiger partial charge is 0.275 e. The van der Waals surface area contributed by atoms with Gasteiger partial charge in [-0.1, -0.05) is 37.0 Å². The third kappa shape index (κ3) is 3.65. The van der Waals surface area contributed by atoms with Crippen molar-refractivity contribution in [1.29, 1.82) is 0 Å². The number of hydrogen-bond donors (Lipinski definition) is 1. The van der Waals surface area contributed by atoms with Gasteiger partial charge in [0.05, 0.1) is 19.2 Å². The highest BCUT2D eigenvalue weighted by Gasteiger charge is 2.49. The van der Waals surface area contributed by atoms with Gasteiger partial charge in [-0.05, 0) is 63.4 Å². The molecule has 1 atom stereocenters. The van der Waals surface area contributed by atoms with Gasteiger partial charge in [0.2, 0.25) is 5.91 Å². The SMILES string of the molecule is COc1ccc2cc3n(c2c1)C[C@@](C)(C(=O)NC1CCCCC1)N(c1ccc(C)cc1C)C3=O. The van der Waals surface area contributed by atoms with E-state index in [4.69, 9.17) is 4.74 Å². The fourth-order valence-electron chi connectivity index (χ4n) is 5.62. The number of hydrogen-bond acceptors (Lipinski definition) is 3. The molecule has 1 fully saturated rings.